The minimum atomic E-state index is -0.562. The van der Waals surface area contributed by atoms with E-state index < -0.39 is 5.91 Å². The Morgan fingerprint density at radius 3 is 2.03 bits per heavy atom. The first kappa shape index (κ1) is 21.5. The number of hydrogen-bond donors (Lipinski definition) is 3. The summed E-state index contributed by atoms with van der Waals surface area (Å²) in [4.78, 5) is 23.8. The van der Waals surface area contributed by atoms with Gasteiger partial charge in [0.15, 0.2) is 0 Å². The van der Waals surface area contributed by atoms with Crippen molar-refractivity contribution in [1.82, 2.24) is 10.6 Å². The Balaban J connectivity index is 1.52. The predicted molar refractivity (Wildman–Crippen MR) is 119 cm³/mol. The van der Waals surface area contributed by atoms with E-state index in [-0.39, 0.29) is 25.2 Å². The number of primary amides is 1. The molecule has 0 spiro atoms. The molecule has 0 aromatic heterocycles. The molecule has 0 aliphatic rings. The highest BCUT2D eigenvalue weighted by Gasteiger charge is 2.15. The lowest BCUT2D eigenvalue weighted by Gasteiger charge is -2.19. The van der Waals surface area contributed by atoms with E-state index in [9.17, 15) is 9.59 Å². The van der Waals surface area contributed by atoms with Crippen molar-refractivity contribution in [2.24, 2.45) is 5.73 Å². The first-order valence-corrected chi connectivity index (χ1v) is 9.77. The fraction of sp³-hybridized carbons (Fsp3) is 0.120. The quantitative estimate of drug-likeness (QED) is 0.519. The molecule has 0 bridgehead atoms. The number of nitrogens with two attached hydrogens (primary N) is 1. The highest BCUT2D eigenvalue weighted by atomic mass is 16.5. The second kappa shape index (κ2) is 11.1. The van der Waals surface area contributed by atoms with Gasteiger partial charge in [-0.25, -0.2) is 4.79 Å². The van der Waals surface area contributed by atoms with Gasteiger partial charge in [-0.15, -0.1) is 0 Å². The van der Waals surface area contributed by atoms with Crippen LogP contribution in [0.2, 0.25) is 0 Å². The third-order valence-corrected chi connectivity index (χ3v) is 4.46. The molecule has 6 nitrogen and oxygen atoms in total. The predicted octanol–water partition coefficient (Wildman–Crippen LogP) is 3.26. The zero-order chi connectivity index (χ0) is 21.9. The molecule has 4 N–H and O–H groups in total. The maximum absolute atomic E-state index is 12.4. The minimum Gasteiger partial charge on any atom is -0.480 e. The van der Waals surface area contributed by atoms with Gasteiger partial charge in [-0.2, -0.15) is 0 Å². The molecule has 0 saturated heterocycles. The highest BCUT2D eigenvalue weighted by molar-refractivity contribution is 5.95. The van der Waals surface area contributed by atoms with Crippen molar-refractivity contribution in [2.75, 3.05) is 13.2 Å². The third kappa shape index (κ3) is 6.38. The lowest BCUT2D eigenvalue weighted by atomic mass is 9.99. The molecule has 31 heavy (non-hydrogen) atoms. The number of rotatable bonds is 7. The fourth-order valence-electron chi connectivity index (χ4n) is 2.98. The Morgan fingerprint density at radius 1 is 0.839 bits per heavy atom. The summed E-state index contributed by atoms with van der Waals surface area (Å²) in [5.74, 6) is 5.45. The average molecular weight is 413 g/mol. The van der Waals surface area contributed by atoms with Crippen LogP contribution in [0.25, 0.3) is 0 Å². The Morgan fingerprint density at radius 2 is 1.42 bits per heavy atom. The van der Waals surface area contributed by atoms with Crippen molar-refractivity contribution in [3.05, 3.63) is 102 Å². The molecule has 0 fully saturated rings. The van der Waals surface area contributed by atoms with Gasteiger partial charge in [0, 0.05) is 0 Å². The summed E-state index contributed by atoms with van der Waals surface area (Å²) in [6.45, 7) is 0.229. The molecular weight excluding hydrogens is 390 g/mol. The van der Waals surface area contributed by atoms with Crippen LogP contribution in [0.3, 0.4) is 0 Å². The lowest BCUT2D eigenvalue weighted by Crippen LogP contribution is -2.38. The molecule has 156 valence electrons. The third-order valence-electron chi connectivity index (χ3n) is 4.46. The molecule has 0 unspecified atom stereocenters. The Bertz CT molecular complexity index is 1030. The Hall–Kier alpha value is -4.24. The van der Waals surface area contributed by atoms with Crippen LogP contribution in [0.5, 0.6) is 5.75 Å². The van der Waals surface area contributed by atoms with Crippen LogP contribution in [0.4, 0.5) is 4.79 Å². The van der Waals surface area contributed by atoms with Crippen molar-refractivity contribution in [3.8, 4) is 17.6 Å². The largest absolute Gasteiger partial charge is 0.480 e. The van der Waals surface area contributed by atoms with Crippen molar-refractivity contribution in [3.63, 3.8) is 0 Å². The highest BCUT2D eigenvalue weighted by Crippen LogP contribution is 2.21. The van der Waals surface area contributed by atoms with Crippen molar-refractivity contribution >= 4 is 11.9 Å². The number of benzene rings is 3. The van der Waals surface area contributed by atoms with Gasteiger partial charge in [0.05, 0.1) is 18.2 Å². The van der Waals surface area contributed by atoms with E-state index in [4.69, 9.17) is 10.5 Å². The lowest BCUT2D eigenvalue weighted by molar-refractivity contribution is 0.0997. The van der Waals surface area contributed by atoms with E-state index in [1.54, 1.807) is 24.3 Å². The molecule has 0 aliphatic carbocycles. The Labute approximate surface area is 181 Å². The number of nitrogens with one attached hydrogen (secondary N) is 2. The van der Waals surface area contributed by atoms with E-state index in [0.29, 0.717) is 11.3 Å². The number of carbonyl (C=O) groups is 2. The van der Waals surface area contributed by atoms with Crippen LogP contribution >= 0.6 is 0 Å². The summed E-state index contributed by atoms with van der Waals surface area (Å²) in [6.07, 6.45) is 0. The van der Waals surface area contributed by atoms with Gasteiger partial charge in [0.2, 0.25) is 0 Å². The minimum absolute atomic E-state index is 0.0737. The molecule has 0 aliphatic heterocycles. The number of para-hydroxylation sites is 1. The van der Waals surface area contributed by atoms with E-state index >= 15 is 0 Å². The molecule has 0 heterocycles. The van der Waals surface area contributed by atoms with Crippen molar-refractivity contribution in [1.29, 1.82) is 0 Å². The zero-order valence-electron chi connectivity index (χ0n) is 16.9. The van der Waals surface area contributed by atoms with Gasteiger partial charge in [0.25, 0.3) is 5.91 Å². The molecule has 3 aromatic carbocycles. The van der Waals surface area contributed by atoms with Crippen LogP contribution in [-0.4, -0.2) is 25.1 Å². The van der Waals surface area contributed by atoms with Gasteiger partial charge in [0.1, 0.15) is 12.4 Å². The van der Waals surface area contributed by atoms with Gasteiger partial charge >= 0.3 is 6.03 Å². The summed E-state index contributed by atoms with van der Waals surface area (Å²) in [5, 5.41) is 5.71. The molecule has 3 aromatic rings. The van der Waals surface area contributed by atoms with E-state index in [2.05, 4.69) is 22.5 Å². The molecule has 6 heteroatoms. The second-order valence-corrected chi connectivity index (χ2v) is 6.58. The van der Waals surface area contributed by atoms with Crippen LogP contribution < -0.4 is 21.1 Å². The number of carbonyl (C=O) groups excluding carboxylic acids is 2. The summed E-state index contributed by atoms with van der Waals surface area (Å²) in [5.41, 5.74) is 7.58. The molecule has 3 amide bonds. The van der Waals surface area contributed by atoms with Crippen molar-refractivity contribution < 1.29 is 14.3 Å². The van der Waals surface area contributed by atoms with Crippen molar-refractivity contribution in [2.45, 2.75) is 6.04 Å². The molecule has 3 rings (SSSR count). The maximum Gasteiger partial charge on any atom is 0.316 e. The van der Waals surface area contributed by atoms with Gasteiger partial charge in [-0.1, -0.05) is 84.6 Å². The topological polar surface area (TPSA) is 93.5 Å². The molecule has 0 saturated carbocycles. The number of hydrogen-bond acceptors (Lipinski definition) is 3. The van der Waals surface area contributed by atoms with Gasteiger partial charge < -0.3 is 21.1 Å². The van der Waals surface area contributed by atoms with Crippen LogP contribution in [0.15, 0.2) is 84.9 Å². The van der Waals surface area contributed by atoms with E-state index in [1.165, 1.54) is 0 Å². The summed E-state index contributed by atoms with van der Waals surface area (Å²) in [7, 11) is 0. The normalized spacial score (nSPS) is 9.97. The summed E-state index contributed by atoms with van der Waals surface area (Å²) < 4.78 is 5.48. The first-order chi connectivity index (χ1) is 15.1. The summed E-state index contributed by atoms with van der Waals surface area (Å²) >= 11 is 0. The zero-order valence-corrected chi connectivity index (χ0v) is 16.9. The van der Waals surface area contributed by atoms with Gasteiger partial charge in [-0.05, 0) is 23.3 Å². The standard InChI is InChI=1S/C25H23N3O3/c26-24(29)21-15-7-8-16-22(21)31-18-10-9-17-27-25(30)28-23(19-11-3-1-4-12-19)20-13-5-2-6-14-20/h1-8,11-16,23H,17-18H2,(H2,26,29)(H2,27,28,30). The monoisotopic (exact) mass is 413 g/mol. The van der Waals surface area contributed by atoms with Crippen LogP contribution in [-0.2, 0) is 0 Å². The molecule has 0 atom stereocenters. The fourth-order valence-corrected chi connectivity index (χ4v) is 2.98. The number of amides is 3. The second-order valence-electron chi connectivity index (χ2n) is 6.58. The van der Waals surface area contributed by atoms with E-state index in [1.807, 2.05) is 60.7 Å². The van der Waals surface area contributed by atoms with Crippen LogP contribution in [0.1, 0.15) is 27.5 Å². The molecular formula is C25H23N3O3. The SMILES string of the molecule is NC(=O)c1ccccc1OCC#CCNC(=O)NC(c1ccccc1)c1ccccc1. The van der Waals surface area contributed by atoms with Crippen LogP contribution in [0, 0.1) is 11.8 Å². The van der Waals surface area contributed by atoms with Gasteiger partial charge in [-0.3, -0.25) is 4.79 Å². The molecule has 0 radical (unpaired) electrons. The number of urea groups is 1. The average Bonchev–Trinajstić information content (AvgIpc) is 2.81. The summed E-state index contributed by atoms with van der Waals surface area (Å²) in [6, 6.07) is 25.6. The Kier molecular flexibility index (Phi) is 7.67. The number of ether oxygens (including phenoxy) is 1. The smallest absolute Gasteiger partial charge is 0.316 e. The van der Waals surface area contributed by atoms with E-state index in [0.717, 1.165) is 11.1 Å². The maximum atomic E-state index is 12.4. The first-order valence-electron chi connectivity index (χ1n) is 9.77.